The van der Waals surface area contributed by atoms with Crippen LogP contribution in [-0.2, 0) is 26.3 Å². The molecule has 0 aliphatic rings. The van der Waals surface area contributed by atoms with Crippen LogP contribution in [-0.4, -0.2) is 47.8 Å². The number of benzene rings is 4. The zero-order chi connectivity index (χ0) is 40.2. The van der Waals surface area contributed by atoms with E-state index in [0.29, 0.717) is 47.2 Å². The fourth-order valence-electron chi connectivity index (χ4n) is 5.17. The Morgan fingerprint density at radius 1 is 0.655 bits per heavy atom. The minimum atomic E-state index is -4.57. The van der Waals surface area contributed by atoms with Crippen LogP contribution in [0.5, 0.6) is 11.5 Å². The smallest absolute Gasteiger partial charge is 0.537 e. The predicted molar refractivity (Wildman–Crippen MR) is 202 cm³/mol. The molecule has 0 saturated carbocycles. The van der Waals surface area contributed by atoms with Crippen molar-refractivity contribution in [2.45, 2.75) is 20.0 Å². The average Bonchev–Trinajstić information content (AvgIpc) is 4.03. The number of halogens is 5. The van der Waals surface area contributed by atoms with Crippen LogP contribution in [0.15, 0.2) is 134 Å². The molecule has 0 amide bonds. The number of rotatable bonds is 9. The van der Waals surface area contributed by atoms with Crippen molar-refractivity contribution < 1.29 is 51.5 Å². The van der Waals surface area contributed by atoms with Crippen LogP contribution < -0.4 is 14.6 Å². The summed E-state index contributed by atoms with van der Waals surface area (Å²) in [6.45, 7) is 4.64. The van der Waals surface area contributed by atoms with Crippen LogP contribution in [0.2, 0.25) is 0 Å². The van der Waals surface area contributed by atoms with Gasteiger partial charge in [-0.2, -0.15) is 13.2 Å². The standard InChI is InChI=1S/2C17H14FN2O.C8H4F3N4.Ir/c2*1-2-21-17-12-13(18)8-9-15(17)16-10-11-20(19-16)14-6-4-3-5-7-14;9-8(10,11)7-13-6(14-15-7)5-3-1-2-4-12-5;/h2*3-8,10-12H,2H2,1H3;1-4H;/q3*-1;+3. The molecule has 296 valence electrons. The molecule has 0 bridgehead atoms. The van der Waals surface area contributed by atoms with E-state index >= 15 is 0 Å². The first-order chi connectivity index (χ1) is 27.6. The molecule has 16 heteroatoms. The van der Waals surface area contributed by atoms with Crippen LogP contribution in [0.25, 0.3) is 45.4 Å². The molecule has 0 fully saturated rings. The molecule has 10 nitrogen and oxygen atoms in total. The number of aromatic nitrogens is 8. The van der Waals surface area contributed by atoms with Crippen molar-refractivity contribution >= 4 is 0 Å². The Morgan fingerprint density at radius 3 is 1.55 bits per heavy atom. The van der Waals surface area contributed by atoms with Crippen molar-refractivity contribution in [2.24, 2.45) is 0 Å². The van der Waals surface area contributed by atoms with Gasteiger partial charge in [0.15, 0.2) is 0 Å². The molecule has 58 heavy (non-hydrogen) atoms. The molecule has 8 rings (SSSR count). The fraction of sp³-hybridized carbons (Fsp3) is 0.119. The number of hydrogen-bond acceptors (Lipinski definition) is 7. The van der Waals surface area contributed by atoms with Crippen molar-refractivity contribution in [1.82, 2.24) is 39.7 Å². The van der Waals surface area contributed by atoms with Gasteiger partial charge in [0.2, 0.25) is 0 Å². The topological polar surface area (TPSA) is 107 Å². The molecule has 0 aliphatic heterocycles. The molecule has 0 aliphatic carbocycles. The maximum Gasteiger partial charge on any atom is 3.00 e. The molecule has 4 heterocycles. The van der Waals surface area contributed by atoms with Gasteiger partial charge in [0.25, 0.3) is 0 Å². The molecule has 0 N–H and O–H groups in total. The van der Waals surface area contributed by atoms with E-state index in [4.69, 9.17) is 9.47 Å². The monoisotopic (exact) mass is 968 g/mol. The van der Waals surface area contributed by atoms with Gasteiger partial charge in [0.1, 0.15) is 5.82 Å². The van der Waals surface area contributed by atoms with E-state index < -0.39 is 12.0 Å². The zero-order valence-electron chi connectivity index (χ0n) is 30.7. The number of pyridine rings is 1. The van der Waals surface area contributed by atoms with Crippen molar-refractivity contribution in [1.29, 1.82) is 0 Å². The maximum absolute atomic E-state index is 13.3. The summed E-state index contributed by atoms with van der Waals surface area (Å²) in [5.41, 5.74) is 4.90. The summed E-state index contributed by atoms with van der Waals surface area (Å²) in [4.78, 5) is 7.05. The average molecular weight is 968 g/mol. The van der Waals surface area contributed by atoms with Gasteiger partial charge in [-0.1, -0.05) is 77.9 Å². The van der Waals surface area contributed by atoms with Crippen molar-refractivity contribution in [3.63, 3.8) is 0 Å². The Balaban J connectivity index is 0.000000167. The third-order valence-electron chi connectivity index (χ3n) is 7.67. The Morgan fingerprint density at radius 2 is 1.14 bits per heavy atom. The molecular formula is C42H32F5IrN8O2. The van der Waals surface area contributed by atoms with Gasteiger partial charge >= 0.3 is 26.3 Å². The van der Waals surface area contributed by atoms with E-state index in [1.165, 1.54) is 36.5 Å². The maximum atomic E-state index is 13.3. The Kier molecular flexibility index (Phi) is 14.8. The van der Waals surface area contributed by atoms with E-state index in [0.717, 1.165) is 11.4 Å². The zero-order valence-corrected chi connectivity index (χ0v) is 33.1. The summed E-state index contributed by atoms with van der Waals surface area (Å²) in [6, 6.07) is 39.2. The minimum Gasteiger partial charge on any atom is -0.537 e. The van der Waals surface area contributed by atoms with Crippen LogP contribution >= 0.6 is 0 Å². The summed E-state index contributed by atoms with van der Waals surface area (Å²) in [5.74, 6) is -1.20. The minimum absolute atomic E-state index is 0. The first kappa shape index (κ1) is 42.6. The number of para-hydroxylation sites is 2. The van der Waals surface area contributed by atoms with Gasteiger partial charge in [-0.25, -0.2) is 10.2 Å². The summed E-state index contributed by atoms with van der Waals surface area (Å²) >= 11 is 0. The summed E-state index contributed by atoms with van der Waals surface area (Å²) in [5, 5.41) is 15.3. The van der Waals surface area contributed by atoms with Crippen LogP contribution in [0.4, 0.5) is 22.0 Å². The molecule has 0 saturated heterocycles. The van der Waals surface area contributed by atoms with Crippen LogP contribution in [0, 0.1) is 23.8 Å². The molecule has 8 aromatic rings. The van der Waals surface area contributed by atoms with E-state index in [2.05, 4.69) is 42.5 Å². The van der Waals surface area contributed by atoms with Gasteiger partial charge in [0, 0.05) is 53.1 Å². The molecule has 4 aromatic carbocycles. The number of nitrogens with zero attached hydrogens (tertiary/aromatic N) is 8. The first-order valence-electron chi connectivity index (χ1n) is 17.4. The summed E-state index contributed by atoms with van der Waals surface area (Å²) < 4.78 is 77.5. The molecule has 4 aromatic heterocycles. The predicted octanol–water partition coefficient (Wildman–Crippen LogP) is 9.27. The summed E-state index contributed by atoms with van der Waals surface area (Å²) in [7, 11) is 0. The SMILES string of the molecule is CCOc1cc(F)c[c-]c1-c1ccn(-c2ccccc2)n1.CCOc1cc(F)c[c-]c1-c1ccn(-c2ccccc2)n1.FC(F)(F)c1n[n-]c(-c2ccccn2)n1.[Ir+3]. The first-order valence-corrected chi connectivity index (χ1v) is 17.4. The van der Waals surface area contributed by atoms with E-state index in [1.54, 1.807) is 21.5 Å². The second kappa shape index (κ2) is 20.1. The fourth-order valence-corrected chi connectivity index (χ4v) is 5.17. The molecule has 0 atom stereocenters. The second-order valence-corrected chi connectivity index (χ2v) is 11.6. The van der Waals surface area contributed by atoms with Gasteiger partial charge < -0.3 is 19.6 Å². The molecule has 0 unspecified atom stereocenters. The number of ether oxygens (including phenoxy) is 2. The van der Waals surface area contributed by atoms with Crippen molar-refractivity contribution in [3.8, 4) is 56.9 Å². The molecular weight excluding hydrogens is 936 g/mol. The Bertz CT molecular complexity index is 2350. The van der Waals surface area contributed by atoms with E-state index in [1.807, 2.05) is 99.0 Å². The summed E-state index contributed by atoms with van der Waals surface area (Å²) in [6.07, 6.45) is 0.591. The van der Waals surface area contributed by atoms with Gasteiger partial charge in [-0.3, -0.25) is 28.2 Å². The van der Waals surface area contributed by atoms with E-state index in [9.17, 15) is 22.0 Å². The van der Waals surface area contributed by atoms with Gasteiger partial charge in [-0.15, -0.1) is 24.3 Å². The third kappa shape index (κ3) is 11.1. The quantitative estimate of drug-likeness (QED) is 0.104. The van der Waals surface area contributed by atoms with Crippen molar-refractivity contribution in [2.75, 3.05) is 13.2 Å². The van der Waals surface area contributed by atoms with Gasteiger partial charge in [-0.05, 0) is 56.1 Å². The Labute approximate surface area is 343 Å². The van der Waals surface area contributed by atoms with Crippen LogP contribution in [0.3, 0.4) is 0 Å². The van der Waals surface area contributed by atoms with Crippen LogP contribution in [0.1, 0.15) is 19.7 Å². The largest absolute Gasteiger partial charge is 3.00 e. The van der Waals surface area contributed by atoms with E-state index in [-0.39, 0.29) is 43.3 Å². The second-order valence-electron chi connectivity index (χ2n) is 11.6. The van der Waals surface area contributed by atoms with Gasteiger partial charge in [0.05, 0.1) is 30.3 Å². The van der Waals surface area contributed by atoms with Crippen molar-refractivity contribution in [3.05, 3.63) is 163 Å². The number of alkyl halides is 3. The molecule has 0 radical (unpaired) electrons. The Hall–Kier alpha value is -6.51. The molecule has 0 spiro atoms. The third-order valence-corrected chi connectivity index (χ3v) is 7.67. The normalized spacial score (nSPS) is 10.7. The number of hydrogen-bond donors (Lipinski definition) is 0.